The van der Waals surface area contributed by atoms with E-state index in [4.69, 9.17) is 10.5 Å². The second-order valence-corrected chi connectivity index (χ2v) is 6.39. The number of aliphatic carboxylic acids is 1. The molecule has 0 bridgehead atoms. The number of carbonyl (C=O) groups excluding carboxylic acids is 1. The molecule has 1 aromatic rings. The van der Waals surface area contributed by atoms with Gasteiger partial charge in [0.1, 0.15) is 18.1 Å². The maximum atomic E-state index is 12.3. The minimum atomic E-state index is -1.27. The highest BCUT2D eigenvalue weighted by Gasteiger charge is 2.41. The van der Waals surface area contributed by atoms with Gasteiger partial charge in [-0.2, -0.15) is 4.98 Å². The Kier molecular flexibility index (Phi) is 5.75. The Morgan fingerprint density at radius 3 is 2.76 bits per heavy atom. The Bertz CT molecular complexity index is 704. The molecule has 1 aliphatic heterocycles. The first kappa shape index (κ1) is 18.9. The van der Waals surface area contributed by atoms with E-state index >= 15 is 0 Å². The number of hydrogen-bond donors (Lipinski definition) is 4. The molecule has 10 nitrogen and oxygen atoms in total. The minimum absolute atomic E-state index is 0.00842. The van der Waals surface area contributed by atoms with Crippen LogP contribution >= 0.6 is 0 Å². The fraction of sp³-hybridized carbons (Fsp3) is 0.600. The van der Waals surface area contributed by atoms with Crippen LogP contribution in [0.5, 0.6) is 0 Å². The first-order chi connectivity index (χ1) is 11.7. The van der Waals surface area contributed by atoms with Crippen LogP contribution in [0.3, 0.4) is 0 Å². The summed E-state index contributed by atoms with van der Waals surface area (Å²) in [6.07, 6.45) is -1.74. The molecule has 1 aliphatic rings. The van der Waals surface area contributed by atoms with Crippen LogP contribution in [-0.2, 0) is 14.3 Å². The van der Waals surface area contributed by atoms with Crippen LogP contribution in [0.15, 0.2) is 17.1 Å². The molecule has 4 unspecified atom stereocenters. The maximum Gasteiger partial charge on any atom is 0.351 e. The first-order valence-electron chi connectivity index (χ1n) is 7.90. The number of nitrogens with zero attached hydrogens (tertiary/aromatic N) is 2. The average Bonchev–Trinajstić information content (AvgIpc) is 2.87. The number of anilines is 1. The fourth-order valence-corrected chi connectivity index (χ4v) is 2.65. The van der Waals surface area contributed by atoms with E-state index in [2.05, 4.69) is 10.3 Å². The number of nitrogens with two attached hydrogens (primary N) is 1. The van der Waals surface area contributed by atoms with Gasteiger partial charge in [-0.3, -0.25) is 9.36 Å². The van der Waals surface area contributed by atoms with Crippen LogP contribution < -0.4 is 16.7 Å². The van der Waals surface area contributed by atoms with E-state index < -0.39 is 42.0 Å². The predicted molar refractivity (Wildman–Crippen MR) is 86.5 cm³/mol. The molecule has 1 amide bonds. The van der Waals surface area contributed by atoms with E-state index in [1.54, 1.807) is 0 Å². The summed E-state index contributed by atoms with van der Waals surface area (Å²) in [7, 11) is 0. The number of aliphatic hydroxyl groups excluding tert-OH is 1. The highest BCUT2D eigenvalue weighted by molar-refractivity contribution is 5.86. The van der Waals surface area contributed by atoms with Gasteiger partial charge in [-0.25, -0.2) is 9.59 Å². The van der Waals surface area contributed by atoms with Crippen molar-refractivity contribution < 1.29 is 24.5 Å². The molecule has 0 aliphatic carbocycles. The van der Waals surface area contributed by atoms with Gasteiger partial charge < -0.3 is 26.0 Å². The molecule has 1 aromatic heterocycles. The highest BCUT2D eigenvalue weighted by Crippen LogP contribution is 2.28. The Hall–Kier alpha value is -2.46. The van der Waals surface area contributed by atoms with Crippen LogP contribution in [0.25, 0.3) is 0 Å². The summed E-state index contributed by atoms with van der Waals surface area (Å²) in [5.74, 6) is -1.79. The number of aliphatic hydroxyl groups is 1. The normalized spacial score (nSPS) is 24.2. The standard InChI is InChI=1S/C15H22N4O6/c1-7(2)5-8(14(22)23)17-13(21)12-9(20)6-11(25-12)19-4-3-10(16)18-15(19)24/h3-4,7-9,11-12,20H,5-6H2,1-2H3,(H,17,21)(H,22,23)(H2,16,18,24). The van der Waals surface area contributed by atoms with E-state index in [-0.39, 0.29) is 24.6 Å². The molecule has 0 spiro atoms. The van der Waals surface area contributed by atoms with E-state index in [1.165, 1.54) is 12.3 Å². The molecule has 5 N–H and O–H groups in total. The maximum absolute atomic E-state index is 12.3. The number of nitrogens with one attached hydrogen (secondary N) is 1. The molecular formula is C15H22N4O6. The Labute approximate surface area is 143 Å². The van der Waals surface area contributed by atoms with Crippen LogP contribution in [0.1, 0.15) is 32.9 Å². The Morgan fingerprint density at radius 1 is 1.52 bits per heavy atom. The largest absolute Gasteiger partial charge is 0.480 e. The second-order valence-electron chi connectivity index (χ2n) is 6.39. The number of nitrogen functional groups attached to an aromatic ring is 1. The molecule has 138 valence electrons. The minimum Gasteiger partial charge on any atom is -0.480 e. The number of aromatic nitrogens is 2. The molecule has 4 atom stereocenters. The molecule has 1 saturated heterocycles. The van der Waals surface area contributed by atoms with Crippen molar-refractivity contribution in [2.24, 2.45) is 5.92 Å². The van der Waals surface area contributed by atoms with Crippen molar-refractivity contribution in [3.63, 3.8) is 0 Å². The molecule has 10 heteroatoms. The van der Waals surface area contributed by atoms with Gasteiger partial charge in [-0.05, 0) is 18.4 Å². The van der Waals surface area contributed by atoms with Crippen LogP contribution in [-0.4, -0.2) is 49.9 Å². The third-order valence-corrected chi connectivity index (χ3v) is 3.84. The number of carboxylic acid groups (broad SMARTS) is 1. The van der Waals surface area contributed by atoms with Crippen molar-refractivity contribution in [3.8, 4) is 0 Å². The Balaban J connectivity index is 2.08. The molecule has 0 aromatic carbocycles. The Morgan fingerprint density at radius 2 is 2.20 bits per heavy atom. The van der Waals surface area contributed by atoms with Crippen LogP contribution in [0.4, 0.5) is 5.82 Å². The van der Waals surface area contributed by atoms with Gasteiger partial charge >= 0.3 is 11.7 Å². The third-order valence-electron chi connectivity index (χ3n) is 3.84. The fourth-order valence-electron chi connectivity index (χ4n) is 2.65. The van der Waals surface area contributed by atoms with Crippen molar-refractivity contribution in [2.45, 2.75) is 51.2 Å². The van der Waals surface area contributed by atoms with Crippen molar-refractivity contribution in [3.05, 3.63) is 22.7 Å². The second kappa shape index (κ2) is 7.62. The summed E-state index contributed by atoms with van der Waals surface area (Å²) >= 11 is 0. The topological polar surface area (TPSA) is 157 Å². The van der Waals surface area contributed by atoms with Crippen LogP contribution in [0, 0.1) is 5.92 Å². The number of carbonyl (C=O) groups is 2. The van der Waals surface area contributed by atoms with Gasteiger partial charge in [-0.1, -0.05) is 13.8 Å². The lowest BCUT2D eigenvalue weighted by atomic mass is 10.0. The molecule has 0 saturated carbocycles. The molecule has 25 heavy (non-hydrogen) atoms. The van der Waals surface area contributed by atoms with Crippen molar-refractivity contribution in [1.29, 1.82) is 0 Å². The van der Waals surface area contributed by atoms with Gasteiger partial charge in [0, 0.05) is 12.6 Å². The summed E-state index contributed by atoms with van der Waals surface area (Å²) in [5, 5.41) is 21.6. The summed E-state index contributed by atoms with van der Waals surface area (Å²) in [6, 6.07) is 0.316. The zero-order chi connectivity index (χ0) is 18.7. The molecule has 1 fully saturated rings. The van der Waals surface area contributed by atoms with Crippen molar-refractivity contribution in [1.82, 2.24) is 14.9 Å². The number of rotatable bonds is 6. The smallest absolute Gasteiger partial charge is 0.351 e. The van der Waals surface area contributed by atoms with E-state index in [0.29, 0.717) is 0 Å². The lowest BCUT2D eigenvalue weighted by molar-refractivity contribution is -0.146. The SMILES string of the molecule is CC(C)CC(NC(=O)C1OC(n2ccc(N)nc2=O)CC1O)C(=O)O. The first-order valence-corrected chi connectivity index (χ1v) is 7.90. The van der Waals surface area contributed by atoms with Gasteiger partial charge in [0.25, 0.3) is 5.91 Å². The molecule has 2 rings (SSSR count). The van der Waals surface area contributed by atoms with Crippen molar-refractivity contribution in [2.75, 3.05) is 5.73 Å². The summed E-state index contributed by atoms with van der Waals surface area (Å²) in [5.41, 5.74) is 4.75. The van der Waals surface area contributed by atoms with Gasteiger partial charge in [0.2, 0.25) is 0 Å². The quantitative estimate of drug-likeness (QED) is 0.511. The van der Waals surface area contributed by atoms with Crippen molar-refractivity contribution >= 4 is 17.7 Å². The molecule has 2 heterocycles. The average molecular weight is 354 g/mol. The summed E-state index contributed by atoms with van der Waals surface area (Å²) < 4.78 is 6.58. The lowest BCUT2D eigenvalue weighted by Gasteiger charge is -2.20. The lowest BCUT2D eigenvalue weighted by Crippen LogP contribution is -2.48. The summed E-state index contributed by atoms with van der Waals surface area (Å²) in [6.45, 7) is 3.67. The van der Waals surface area contributed by atoms with E-state index in [9.17, 15) is 24.6 Å². The zero-order valence-electron chi connectivity index (χ0n) is 14.0. The zero-order valence-corrected chi connectivity index (χ0v) is 14.0. The summed E-state index contributed by atoms with van der Waals surface area (Å²) in [4.78, 5) is 38.9. The van der Waals surface area contributed by atoms with Gasteiger partial charge in [-0.15, -0.1) is 0 Å². The predicted octanol–water partition coefficient (Wildman–Crippen LogP) is -0.911. The third kappa shape index (κ3) is 4.54. The highest BCUT2D eigenvalue weighted by atomic mass is 16.5. The number of hydrogen-bond acceptors (Lipinski definition) is 7. The number of ether oxygens (including phenoxy) is 1. The molecular weight excluding hydrogens is 332 g/mol. The molecule has 0 radical (unpaired) electrons. The number of amides is 1. The van der Waals surface area contributed by atoms with E-state index in [0.717, 1.165) is 4.57 Å². The van der Waals surface area contributed by atoms with Gasteiger partial charge in [0.15, 0.2) is 6.10 Å². The van der Waals surface area contributed by atoms with Crippen LogP contribution in [0.2, 0.25) is 0 Å². The monoisotopic (exact) mass is 354 g/mol. The van der Waals surface area contributed by atoms with Gasteiger partial charge in [0.05, 0.1) is 6.10 Å². The van der Waals surface area contributed by atoms with E-state index in [1.807, 2.05) is 13.8 Å². The number of carboxylic acids is 1.